The van der Waals surface area contributed by atoms with Crippen LogP contribution in [0, 0.1) is 29.1 Å². The Kier molecular flexibility index (Phi) is 4.97. The summed E-state index contributed by atoms with van der Waals surface area (Å²) in [5, 5.41) is 9.64. The summed E-state index contributed by atoms with van der Waals surface area (Å²) < 4.78 is 0. The third kappa shape index (κ3) is 3.49. The lowest BCUT2D eigenvalue weighted by Crippen LogP contribution is -2.40. The second-order valence-corrected chi connectivity index (χ2v) is 9.85. The molecule has 0 amide bonds. The summed E-state index contributed by atoms with van der Waals surface area (Å²) in [5.41, 5.74) is 4.10. The van der Waals surface area contributed by atoms with Gasteiger partial charge in [0.2, 0.25) is 5.78 Å². The van der Waals surface area contributed by atoms with E-state index in [0.717, 1.165) is 41.9 Å². The molecule has 0 spiro atoms. The number of carboxylic acids is 1. The van der Waals surface area contributed by atoms with Gasteiger partial charge in [0.15, 0.2) is 0 Å². The number of carbonyl (C=O) groups is 2. The molecule has 0 aromatic heterocycles. The molecule has 0 aliphatic heterocycles. The van der Waals surface area contributed by atoms with Gasteiger partial charge in [0, 0.05) is 11.1 Å². The average Bonchev–Trinajstić information content (AvgIpc) is 3.19. The van der Waals surface area contributed by atoms with Crippen molar-refractivity contribution in [3.05, 3.63) is 70.3 Å². The van der Waals surface area contributed by atoms with Crippen LogP contribution in [0.4, 0.5) is 0 Å². The summed E-state index contributed by atoms with van der Waals surface area (Å²) in [5.74, 6) is 6.18. The van der Waals surface area contributed by atoms with Crippen molar-refractivity contribution in [1.82, 2.24) is 0 Å². The third-order valence-corrected chi connectivity index (χ3v) is 8.19. The number of fused-ring (bicyclic) bond motifs is 5. The van der Waals surface area contributed by atoms with Crippen LogP contribution in [0.25, 0.3) is 0 Å². The normalized spacial score (nSPS) is 28.5. The smallest absolute Gasteiger partial charge is 0.335 e. The minimum atomic E-state index is -0.984. The molecular weight excluding hydrogens is 384 g/mol. The van der Waals surface area contributed by atoms with Gasteiger partial charge in [0.25, 0.3) is 0 Å². The Morgan fingerprint density at radius 2 is 1.87 bits per heavy atom. The largest absolute Gasteiger partial charge is 0.478 e. The fraction of sp³-hybridized carbons (Fsp3) is 0.429. The van der Waals surface area contributed by atoms with Crippen LogP contribution >= 0.6 is 0 Å². The first kappa shape index (κ1) is 20.1. The van der Waals surface area contributed by atoms with Crippen LogP contribution in [0.15, 0.2) is 42.5 Å². The van der Waals surface area contributed by atoms with Crippen LogP contribution < -0.4 is 0 Å². The van der Waals surface area contributed by atoms with Crippen molar-refractivity contribution in [2.75, 3.05) is 0 Å². The number of Topliss-reactive ketones (excluding diaryl/α,β-unsaturated/α-hetero) is 1. The maximum Gasteiger partial charge on any atom is 0.335 e. The van der Waals surface area contributed by atoms with Crippen molar-refractivity contribution in [3.8, 4) is 11.8 Å². The molecule has 3 aliphatic rings. The van der Waals surface area contributed by atoms with Crippen molar-refractivity contribution in [2.24, 2.45) is 17.3 Å². The number of rotatable bonds is 2. The van der Waals surface area contributed by atoms with Gasteiger partial charge in [0.1, 0.15) is 0 Å². The van der Waals surface area contributed by atoms with Crippen LogP contribution in [0.1, 0.15) is 88.8 Å². The second kappa shape index (κ2) is 7.68. The minimum Gasteiger partial charge on any atom is -0.478 e. The maximum atomic E-state index is 13.3. The van der Waals surface area contributed by atoms with Crippen molar-refractivity contribution in [2.45, 2.75) is 57.8 Å². The summed E-state index contributed by atoms with van der Waals surface area (Å²) in [6.45, 7) is 2.46. The Labute approximate surface area is 183 Å². The predicted molar refractivity (Wildman–Crippen MR) is 120 cm³/mol. The topological polar surface area (TPSA) is 54.4 Å². The average molecular weight is 413 g/mol. The summed E-state index contributed by atoms with van der Waals surface area (Å²) in [7, 11) is 0. The van der Waals surface area contributed by atoms with Crippen LogP contribution in [-0.4, -0.2) is 16.9 Å². The van der Waals surface area contributed by atoms with Gasteiger partial charge >= 0.3 is 5.97 Å². The highest BCUT2D eigenvalue weighted by Gasteiger charge is 2.50. The van der Waals surface area contributed by atoms with Gasteiger partial charge in [-0.2, -0.15) is 0 Å². The molecule has 0 bridgehead atoms. The third-order valence-electron chi connectivity index (χ3n) is 8.19. The van der Waals surface area contributed by atoms with Gasteiger partial charge < -0.3 is 5.11 Å². The van der Waals surface area contributed by atoms with E-state index in [1.54, 1.807) is 12.1 Å². The molecule has 5 rings (SSSR count). The van der Waals surface area contributed by atoms with E-state index < -0.39 is 5.97 Å². The van der Waals surface area contributed by atoms with Gasteiger partial charge in [-0.3, -0.25) is 4.79 Å². The molecule has 0 saturated heterocycles. The van der Waals surface area contributed by atoms with E-state index in [-0.39, 0.29) is 11.3 Å². The van der Waals surface area contributed by atoms with E-state index in [2.05, 4.69) is 18.8 Å². The van der Waals surface area contributed by atoms with Crippen molar-refractivity contribution in [1.29, 1.82) is 0 Å². The maximum absolute atomic E-state index is 13.3. The van der Waals surface area contributed by atoms with Gasteiger partial charge in [-0.05, 0) is 103 Å². The molecule has 2 fully saturated rings. The second-order valence-electron chi connectivity index (χ2n) is 9.85. The van der Waals surface area contributed by atoms with Crippen molar-refractivity contribution < 1.29 is 14.7 Å². The van der Waals surface area contributed by atoms with E-state index in [9.17, 15) is 14.7 Å². The summed E-state index contributed by atoms with van der Waals surface area (Å²) in [6.07, 6.45) is 8.16. The molecular formula is C28H28O3. The zero-order valence-electron chi connectivity index (χ0n) is 18.0. The summed E-state index contributed by atoms with van der Waals surface area (Å²) >= 11 is 0. The molecule has 158 valence electrons. The summed E-state index contributed by atoms with van der Waals surface area (Å²) in [4.78, 5) is 25.0. The van der Waals surface area contributed by atoms with Crippen LogP contribution in [0.5, 0.6) is 0 Å². The lowest BCUT2D eigenvalue weighted by atomic mass is 9.55. The molecule has 31 heavy (non-hydrogen) atoms. The first-order valence-corrected chi connectivity index (χ1v) is 11.5. The Hall–Kier alpha value is -2.86. The molecule has 2 aromatic carbocycles. The Morgan fingerprint density at radius 3 is 2.65 bits per heavy atom. The standard InChI is InChI=1S/C28H28O3/c1-28-14-5-8-24(28)21-11-10-19-16-20(27(30)31)17-23(26(19)22(21)13-15-28)25(29)12-9-18-6-3-2-4-7-18/h2-4,6-7,16-17,21-22,24H,5,8,10-11,13-15H2,1H3,(H,30,31)/t21-,22+,24+,28+/m1/s1. The highest BCUT2D eigenvalue weighted by atomic mass is 16.4. The molecule has 4 atom stereocenters. The molecule has 3 nitrogen and oxygen atoms in total. The van der Waals surface area contributed by atoms with E-state index in [4.69, 9.17) is 0 Å². The predicted octanol–water partition coefficient (Wildman–Crippen LogP) is 5.87. The van der Waals surface area contributed by atoms with E-state index >= 15 is 0 Å². The number of aromatic carboxylic acids is 1. The quantitative estimate of drug-likeness (QED) is 0.496. The highest BCUT2D eigenvalue weighted by molar-refractivity contribution is 6.11. The molecule has 3 aliphatic carbocycles. The van der Waals surface area contributed by atoms with E-state index in [1.165, 1.54) is 25.7 Å². The Morgan fingerprint density at radius 1 is 1.06 bits per heavy atom. The lowest BCUT2D eigenvalue weighted by Gasteiger charge is -2.49. The fourth-order valence-electron chi connectivity index (χ4n) is 6.75. The van der Waals surface area contributed by atoms with Crippen LogP contribution in [0.2, 0.25) is 0 Å². The van der Waals surface area contributed by atoms with Crippen LogP contribution in [0.3, 0.4) is 0 Å². The number of hydrogen-bond donors (Lipinski definition) is 1. The molecule has 3 heteroatoms. The number of carbonyl (C=O) groups excluding carboxylic acids is 1. The molecule has 1 N–H and O–H groups in total. The Bertz CT molecular complexity index is 1100. The number of aryl methyl sites for hydroxylation is 1. The SMILES string of the molecule is C[C@@]12CCC[C@H]1[C@@H]1CCc3cc(C(=O)O)cc(C(=O)C#Cc4ccccc4)c3[C@H]1CC2. The van der Waals surface area contributed by atoms with Crippen molar-refractivity contribution >= 4 is 11.8 Å². The number of ketones is 1. The van der Waals surface area contributed by atoms with Gasteiger partial charge in [-0.25, -0.2) is 4.79 Å². The molecule has 0 unspecified atom stereocenters. The number of hydrogen-bond acceptors (Lipinski definition) is 2. The zero-order chi connectivity index (χ0) is 21.6. The van der Waals surface area contributed by atoms with E-state index in [1.807, 2.05) is 30.3 Å². The molecule has 0 heterocycles. The van der Waals surface area contributed by atoms with Crippen molar-refractivity contribution in [3.63, 3.8) is 0 Å². The lowest BCUT2D eigenvalue weighted by molar-refractivity contribution is 0.0593. The first-order chi connectivity index (χ1) is 15.0. The summed E-state index contributed by atoms with van der Waals surface area (Å²) in [6, 6.07) is 12.8. The zero-order valence-corrected chi connectivity index (χ0v) is 18.0. The number of carboxylic acid groups (broad SMARTS) is 1. The molecule has 2 saturated carbocycles. The first-order valence-electron chi connectivity index (χ1n) is 11.5. The van der Waals surface area contributed by atoms with Gasteiger partial charge in [-0.15, -0.1) is 0 Å². The molecule has 0 radical (unpaired) electrons. The highest BCUT2D eigenvalue weighted by Crippen LogP contribution is 2.61. The van der Waals surface area contributed by atoms with Crippen LogP contribution in [-0.2, 0) is 6.42 Å². The van der Waals surface area contributed by atoms with Gasteiger partial charge in [0.05, 0.1) is 5.56 Å². The van der Waals surface area contributed by atoms with E-state index in [0.29, 0.717) is 22.8 Å². The minimum absolute atomic E-state index is 0.198. The molecule has 2 aromatic rings. The fourth-order valence-corrected chi connectivity index (χ4v) is 6.75. The monoisotopic (exact) mass is 412 g/mol. The number of benzene rings is 2. The Balaban J connectivity index is 1.58. The van der Waals surface area contributed by atoms with Gasteiger partial charge in [-0.1, -0.05) is 37.5 Å².